The Labute approximate surface area is 185 Å². The molecule has 0 bridgehead atoms. The SMILES string of the molecule is Cc1c(C#N)c2nc3ccccc3n2c(=O)c1=CC1C(=O)NN(c2cccc(Cl)c2)C1=O. The van der Waals surface area contributed by atoms with E-state index in [0.717, 1.165) is 5.01 Å². The van der Waals surface area contributed by atoms with Gasteiger partial charge >= 0.3 is 0 Å². The van der Waals surface area contributed by atoms with Gasteiger partial charge in [0.25, 0.3) is 17.4 Å². The number of benzene rings is 2. The molecule has 0 radical (unpaired) electrons. The number of hydrogen-bond donors (Lipinski definition) is 1. The second-order valence-electron chi connectivity index (χ2n) is 7.36. The standard InChI is InChI=1S/C23H14ClN5O3/c1-12-15(10-16-21(30)27-29(23(16)32)14-6-4-5-13(24)9-14)22(31)28-19-8-3-2-7-18(19)26-20(28)17(12)11-25/h2-10,16H,1H3,(H,27,30). The van der Waals surface area contributed by atoms with Gasteiger partial charge in [-0.3, -0.25) is 24.2 Å². The highest BCUT2D eigenvalue weighted by atomic mass is 35.5. The van der Waals surface area contributed by atoms with Gasteiger partial charge in [-0.15, -0.1) is 0 Å². The number of imidazole rings is 1. The number of halogens is 1. The number of para-hydroxylation sites is 2. The number of anilines is 1. The predicted molar refractivity (Wildman–Crippen MR) is 119 cm³/mol. The van der Waals surface area contributed by atoms with Crippen LogP contribution in [0.1, 0.15) is 11.1 Å². The lowest BCUT2D eigenvalue weighted by Gasteiger charge is -2.15. The van der Waals surface area contributed by atoms with E-state index in [4.69, 9.17) is 11.6 Å². The molecule has 0 aliphatic carbocycles. The smallest absolute Gasteiger partial charge is 0.264 e. The molecule has 1 unspecified atom stereocenters. The van der Waals surface area contributed by atoms with Crippen molar-refractivity contribution in [1.29, 1.82) is 5.26 Å². The van der Waals surface area contributed by atoms with E-state index < -0.39 is 23.3 Å². The summed E-state index contributed by atoms with van der Waals surface area (Å²) in [5, 5.41) is 11.4. The normalized spacial score (nSPS) is 16.7. The van der Waals surface area contributed by atoms with E-state index in [2.05, 4.69) is 16.5 Å². The first-order valence-electron chi connectivity index (χ1n) is 9.66. The van der Waals surface area contributed by atoms with Gasteiger partial charge in [-0.2, -0.15) is 5.26 Å². The maximum absolute atomic E-state index is 13.4. The van der Waals surface area contributed by atoms with Gasteiger partial charge in [-0.1, -0.05) is 29.8 Å². The fourth-order valence-electron chi connectivity index (χ4n) is 3.92. The summed E-state index contributed by atoms with van der Waals surface area (Å²) >= 11 is 6.00. The first-order chi connectivity index (χ1) is 15.4. The van der Waals surface area contributed by atoms with Crippen molar-refractivity contribution in [2.45, 2.75) is 6.92 Å². The number of hydrogen-bond acceptors (Lipinski definition) is 5. The number of pyridine rings is 1. The van der Waals surface area contributed by atoms with Crippen LogP contribution in [0.5, 0.6) is 0 Å². The minimum absolute atomic E-state index is 0.110. The molecule has 3 heterocycles. The van der Waals surface area contributed by atoms with Crippen LogP contribution in [0.2, 0.25) is 5.02 Å². The first kappa shape index (κ1) is 19.7. The van der Waals surface area contributed by atoms with E-state index in [0.29, 0.717) is 27.3 Å². The third-order valence-electron chi connectivity index (χ3n) is 5.50. The average molecular weight is 444 g/mol. The number of fused-ring (bicyclic) bond motifs is 3. The summed E-state index contributed by atoms with van der Waals surface area (Å²) in [4.78, 5) is 43.5. The van der Waals surface area contributed by atoms with E-state index >= 15 is 0 Å². The Kier molecular flexibility index (Phi) is 4.43. The number of nitriles is 1. The predicted octanol–water partition coefficient (Wildman–Crippen LogP) is 1.87. The Morgan fingerprint density at radius 3 is 2.69 bits per heavy atom. The summed E-state index contributed by atoms with van der Waals surface area (Å²) in [6.07, 6.45) is 1.31. The minimum Gasteiger partial charge on any atom is -0.272 e. The molecule has 2 amide bonds. The van der Waals surface area contributed by atoms with Crippen LogP contribution in [-0.4, -0.2) is 21.2 Å². The number of aromatic nitrogens is 2. The van der Waals surface area contributed by atoms with E-state index in [-0.39, 0.29) is 16.4 Å². The van der Waals surface area contributed by atoms with Crippen LogP contribution in [0.25, 0.3) is 22.8 Å². The molecule has 1 aliphatic rings. The quantitative estimate of drug-likeness (QED) is 0.476. The zero-order valence-corrected chi connectivity index (χ0v) is 17.4. The lowest BCUT2D eigenvalue weighted by atomic mass is 10.0. The monoisotopic (exact) mass is 443 g/mol. The molecule has 1 saturated heterocycles. The van der Waals surface area contributed by atoms with Gasteiger partial charge < -0.3 is 0 Å². The average Bonchev–Trinajstić information content (AvgIpc) is 3.29. The summed E-state index contributed by atoms with van der Waals surface area (Å²) in [6.45, 7) is 1.61. The number of nitrogens with zero attached hydrogens (tertiary/aromatic N) is 4. The molecule has 1 N–H and O–H groups in total. The molecule has 4 aromatic rings. The van der Waals surface area contributed by atoms with Crippen LogP contribution in [0.15, 0.2) is 53.3 Å². The third kappa shape index (κ3) is 2.83. The second-order valence-corrected chi connectivity index (χ2v) is 7.80. The van der Waals surface area contributed by atoms with Crippen molar-refractivity contribution in [3.63, 3.8) is 0 Å². The molecule has 1 aliphatic heterocycles. The molecule has 5 rings (SSSR count). The van der Waals surface area contributed by atoms with Gasteiger partial charge in [-0.05, 0) is 48.9 Å². The largest absolute Gasteiger partial charge is 0.272 e. The fourth-order valence-corrected chi connectivity index (χ4v) is 4.10. The van der Waals surface area contributed by atoms with Crippen molar-refractivity contribution in [3.8, 4) is 6.07 Å². The van der Waals surface area contributed by atoms with Gasteiger partial charge in [-0.25, -0.2) is 9.99 Å². The maximum atomic E-state index is 13.4. The summed E-state index contributed by atoms with van der Waals surface area (Å²) in [7, 11) is 0. The van der Waals surface area contributed by atoms with E-state index in [1.807, 2.05) is 0 Å². The Balaban J connectivity index is 1.73. The van der Waals surface area contributed by atoms with Crippen LogP contribution in [0.4, 0.5) is 5.69 Å². The Bertz CT molecular complexity index is 1620. The Morgan fingerprint density at radius 2 is 1.94 bits per heavy atom. The Morgan fingerprint density at radius 1 is 1.16 bits per heavy atom. The molecular formula is C23H14ClN5O3. The molecule has 2 aromatic carbocycles. The van der Waals surface area contributed by atoms with Gasteiger partial charge in [0.05, 0.1) is 22.3 Å². The summed E-state index contributed by atoms with van der Waals surface area (Å²) in [5.74, 6) is -2.37. The number of hydrazine groups is 1. The van der Waals surface area contributed by atoms with Gasteiger partial charge in [0, 0.05) is 10.2 Å². The van der Waals surface area contributed by atoms with Crippen molar-refractivity contribution in [2.24, 2.45) is 5.92 Å². The molecule has 9 heteroatoms. The number of nitrogens with one attached hydrogen (secondary N) is 1. The zero-order valence-electron chi connectivity index (χ0n) is 16.7. The number of carbonyl (C=O) groups excluding carboxylic acids is 2. The zero-order chi connectivity index (χ0) is 22.6. The van der Waals surface area contributed by atoms with Crippen molar-refractivity contribution in [2.75, 3.05) is 5.01 Å². The van der Waals surface area contributed by atoms with Gasteiger partial charge in [0.2, 0.25) is 0 Å². The molecule has 2 aromatic heterocycles. The molecule has 0 saturated carbocycles. The summed E-state index contributed by atoms with van der Waals surface area (Å²) < 4.78 is 1.35. The molecule has 8 nitrogen and oxygen atoms in total. The van der Waals surface area contributed by atoms with Crippen LogP contribution in [0.3, 0.4) is 0 Å². The third-order valence-corrected chi connectivity index (χ3v) is 5.73. The number of rotatable bonds is 2. The van der Waals surface area contributed by atoms with Crippen molar-refractivity contribution < 1.29 is 9.59 Å². The first-order valence-corrected chi connectivity index (χ1v) is 10.0. The molecule has 0 spiro atoms. The summed E-state index contributed by atoms with van der Waals surface area (Å²) in [5.41, 5.74) is 4.40. The second kappa shape index (κ2) is 7.18. The highest BCUT2D eigenvalue weighted by molar-refractivity contribution is 6.31. The van der Waals surface area contributed by atoms with Crippen molar-refractivity contribution >= 4 is 51.9 Å². The Hall–Kier alpha value is -4.22. The van der Waals surface area contributed by atoms with E-state index in [1.54, 1.807) is 55.5 Å². The van der Waals surface area contributed by atoms with Crippen LogP contribution in [-0.2, 0) is 9.59 Å². The van der Waals surface area contributed by atoms with E-state index in [9.17, 15) is 19.6 Å². The minimum atomic E-state index is -1.24. The molecule has 156 valence electrons. The molecule has 1 fully saturated rings. The van der Waals surface area contributed by atoms with E-state index in [1.165, 1.54) is 10.5 Å². The molecule has 1 atom stereocenters. The number of amides is 2. The highest BCUT2D eigenvalue weighted by Gasteiger charge is 2.39. The maximum Gasteiger partial charge on any atom is 0.264 e. The number of carbonyl (C=O) groups is 2. The van der Waals surface area contributed by atoms with Crippen LogP contribution >= 0.6 is 11.6 Å². The van der Waals surface area contributed by atoms with Gasteiger partial charge in [0.15, 0.2) is 5.65 Å². The topological polar surface area (TPSA) is 108 Å². The van der Waals surface area contributed by atoms with Crippen LogP contribution in [0, 0.1) is 24.2 Å². The van der Waals surface area contributed by atoms with Crippen LogP contribution < -0.4 is 21.2 Å². The van der Waals surface area contributed by atoms with Gasteiger partial charge in [0.1, 0.15) is 12.0 Å². The van der Waals surface area contributed by atoms with Crippen molar-refractivity contribution in [3.05, 3.63) is 80.3 Å². The highest BCUT2D eigenvalue weighted by Crippen LogP contribution is 2.24. The summed E-state index contributed by atoms with van der Waals surface area (Å²) in [6, 6.07) is 15.6. The molecule has 32 heavy (non-hydrogen) atoms. The van der Waals surface area contributed by atoms with Crippen molar-refractivity contribution in [1.82, 2.24) is 14.8 Å². The fraction of sp³-hybridized carbons (Fsp3) is 0.0870. The lowest BCUT2D eigenvalue weighted by Crippen LogP contribution is -2.36. The molecular weight excluding hydrogens is 430 g/mol. The lowest BCUT2D eigenvalue weighted by molar-refractivity contribution is -0.125.